The molecule has 2 rings (SSSR count). The Morgan fingerprint density at radius 3 is 2.44 bits per heavy atom. The van der Waals surface area contributed by atoms with Crippen molar-refractivity contribution in [1.29, 1.82) is 0 Å². The summed E-state index contributed by atoms with van der Waals surface area (Å²) in [5, 5.41) is 1.93. The zero-order valence-corrected chi connectivity index (χ0v) is 14.9. The summed E-state index contributed by atoms with van der Waals surface area (Å²) in [7, 11) is -3.68. The molecule has 1 aromatic heterocycles. The van der Waals surface area contributed by atoms with Gasteiger partial charge >= 0.3 is 5.97 Å². The van der Waals surface area contributed by atoms with Gasteiger partial charge in [0.1, 0.15) is 0 Å². The van der Waals surface area contributed by atoms with Crippen molar-refractivity contribution in [2.45, 2.75) is 12.1 Å². The number of hydrogen-bond acceptors (Lipinski definition) is 7. The highest BCUT2D eigenvalue weighted by Crippen LogP contribution is 2.17. The minimum atomic E-state index is -3.68. The first-order valence-corrected chi connectivity index (χ1v) is 9.30. The molecule has 0 unspecified atom stereocenters. The average Bonchev–Trinajstić information content (AvgIpc) is 2.55. The number of sulfone groups is 1. The predicted octanol–water partition coefficient (Wildman–Crippen LogP) is 1.96. The van der Waals surface area contributed by atoms with Crippen LogP contribution < -0.4 is 5.32 Å². The highest BCUT2D eigenvalue weighted by molar-refractivity contribution is 7.90. The van der Waals surface area contributed by atoms with Crippen LogP contribution in [0, 0.1) is 0 Å². The summed E-state index contributed by atoms with van der Waals surface area (Å²) in [6, 6.07) is 5.96. The quantitative estimate of drug-likeness (QED) is 0.619. The number of rotatable bonds is 5. The lowest BCUT2D eigenvalue weighted by Crippen LogP contribution is -2.17. The Morgan fingerprint density at radius 1 is 1.24 bits per heavy atom. The topological polar surface area (TPSA) is 115 Å². The normalized spacial score (nSPS) is 11.0. The lowest BCUT2D eigenvalue weighted by Gasteiger charge is -2.08. The number of esters is 1. The first kappa shape index (κ1) is 18.8. The lowest BCUT2D eigenvalue weighted by molar-refractivity contribution is 0.0526. The zero-order valence-electron chi connectivity index (χ0n) is 13.3. The first-order valence-electron chi connectivity index (χ1n) is 7.03. The van der Waals surface area contributed by atoms with E-state index in [2.05, 4.69) is 15.3 Å². The van der Waals surface area contributed by atoms with E-state index in [0.717, 1.165) is 12.5 Å². The van der Waals surface area contributed by atoms with Gasteiger partial charge in [-0.1, -0.05) is 11.6 Å². The van der Waals surface area contributed by atoms with E-state index in [4.69, 9.17) is 16.3 Å². The second kappa shape index (κ2) is 7.58. The SMILES string of the molecule is CCOC(=O)c1ccc(NC(=O)c2nc(S(C)(=O)=O)ncc2Cl)cc1. The largest absolute Gasteiger partial charge is 0.462 e. The van der Waals surface area contributed by atoms with Crippen molar-refractivity contribution in [2.24, 2.45) is 0 Å². The number of ether oxygens (including phenoxy) is 1. The summed E-state index contributed by atoms with van der Waals surface area (Å²) in [5.74, 6) is -1.18. The molecule has 0 fully saturated rings. The smallest absolute Gasteiger partial charge is 0.338 e. The molecule has 0 aliphatic carbocycles. The van der Waals surface area contributed by atoms with E-state index in [1.165, 1.54) is 24.3 Å². The molecule has 1 heterocycles. The maximum atomic E-state index is 12.3. The predicted molar refractivity (Wildman–Crippen MR) is 90.5 cm³/mol. The second-order valence-electron chi connectivity index (χ2n) is 4.87. The minimum Gasteiger partial charge on any atom is -0.462 e. The van der Waals surface area contributed by atoms with Gasteiger partial charge in [0.2, 0.25) is 15.0 Å². The molecule has 0 aliphatic heterocycles. The minimum absolute atomic E-state index is 0.0898. The zero-order chi connectivity index (χ0) is 18.6. The highest BCUT2D eigenvalue weighted by Gasteiger charge is 2.19. The fraction of sp³-hybridized carbons (Fsp3) is 0.200. The van der Waals surface area contributed by atoms with Crippen LogP contribution in [0.15, 0.2) is 35.6 Å². The number of carbonyl (C=O) groups is 2. The van der Waals surface area contributed by atoms with Gasteiger partial charge in [0, 0.05) is 11.9 Å². The molecular weight excluding hydrogens is 370 g/mol. The van der Waals surface area contributed by atoms with Gasteiger partial charge in [-0.25, -0.2) is 23.2 Å². The Balaban J connectivity index is 2.21. The van der Waals surface area contributed by atoms with E-state index in [1.807, 2.05) is 0 Å². The monoisotopic (exact) mass is 383 g/mol. The standard InChI is InChI=1S/C15H14ClN3O5S/c1-3-24-14(21)9-4-6-10(7-5-9)18-13(20)12-11(16)8-17-15(19-12)25(2,22)23/h4-8H,3H2,1-2H3,(H,18,20). The van der Waals surface area contributed by atoms with E-state index in [-0.39, 0.29) is 17.3 Å². The number of anilines is 1. The Bertz CT molecular complexity index is 913. The van der Waals surface area contributed by atoms with Crippen LogP contribution in [-0.4, -0.2) is 43.1 Å². The van der Waals surface area contributed by atoms with Crippen LogP contribution in [-0.2, 0) is 14.6 Å². The number of carbonyl (C=O) groups excluding carboxylic acids is 2. The Morgan fingerprint density at radius 2 is 1.88 bits per heavy atom. The Kier molecular flexibility index (Phi) is 5.70. The van der Waals surface area contributed by atoms with Gasteiger partial charge in [-0.2, -0.15) is 0 Å². The maximum absolute atomic E-state index is 12.3. The van der Waals surface area contributed by atoms with Crippen LogP contribution in [0.2, 0.25) is 5.02 Å². The number of hydrogen-bond donors (Lipinski definition) is 1. The van der Waals surface area contributed by atoms with Crippen molar-refractivity contribution in [2.75, 3.05) is 18.2 Å². The molecule has 1 amide bonds. The molecule has 10 heteroatoms. The number of halogens is 1. The number of nitrogens with zero attached hydrogens (tertiary/aromatic N) is 2. The third-order valence-electron chi connectivity index (χ3n) is 2.92. The molecule has 25 heavy (non-hydrogen) atoms. The van der Waals surface area contributed by atoms with Crippen LogP contribution in [0.1, 0.15) is 27.8 Å². The number of aromatic nitrogens is 2. The van der Waals surface area contributed by atoms with Crippen molar-refractivity contribution in [3.05, 3.63) is 46.7 Å². The van der Waals surface area contributed by atoms with Gasteiger partial charge < -0.3 is 10.1 Å². The summed E-state index contributed by atoms with van der Waals surface area (Å²) in [6.45, 7) is 1.95. The molecule has 0 spiro atoms. The molecule has 0 bridgehead atoms. The molecule has 0 saturated heterocycles. The average molecular weight is 384 g/mol. The maximum Gasteiger partial charge on any atom is 0.338 e. The number of amides is 1. The summed E-state index contributed by atoms with van der Waals surface area (Å²) < 4.78 is 27.8. The van der Waals surface area contributed by atoms with Gasteiger partial charge in [0.15, 0.2) is 5.69 Å². The number of nitrogens with one attached hydrogen (secondary N) is 1. The van der Waals surface area contributed by atoms with E-state index in [9.17, 15) is 18.0 Å². The third kappa shape index (κ3) is 4.74. The van der Waals surface area contributed by atoms with E-state index < -0.39 is 26.9 Å². The van der Waals surface area contributed by atoms with Gasteiger partial charge in [-0.05, 0) is 31.2 Å². The fourth-order valence-corrected chi connectivity index (χ4v) is 2.46. The second-order valence-corrected chi connectivity index (χ2v) is 7.19. The fourth-order valence-electron chi connectivity index (χ4n) is 1.78. The van der Waals surface area contributed by atoms with Gasteiger partial charge in [-0.3, -0.25) is 4.79 Å². The summed E-state index contributed by atoms with van der Waals surface area (Å²) >= 11 is 5.87. The molecule has 8 nitrogen and oxygen atoms in total. The van der Waals surface area contributed by atoms with Crippen LogP contribution >= 0.6 is 11.6 Å². The van der Waals surface area contributed by atoms with E-state index in [0.29, 0.717) is 11.3 Å². The molecule has 0 saturated carbocycles. The Hall–Kier alpha value is -2.52. The first-order chi connectivity index (χ1) is 11.7. The Labute approximate surface area is 149 Å². The molecule has 0 atom stereocenters. The molecule has 0 aliphatic rings. The molecule has 2 aromatic rings. The van der Waals surface area contributed by atoms with Crippen LogP contribution in [0.3, 0.4) is 0 Å². The summed E-state index contributed by atoms with van der Waals surface area (Å²) in [5.41, 5.74) is 0.430. The molecule has 1 N–H and O–H groups in total. The molecule has 1 aromatic carbocycles. The van der Waals surface area contributed by atoms with Crippen molar-refractivity contribution < 1.29 is 22.7 Å². The van der Waals surface area contributed by atoms with Crippen molar-refractivity contribution in [3.8, 4) is 0 Å². The molecular formula is C15H14ClN3O5S. The van der Waals surface area contributed by atoms with Crippen LogP contribution in [0.4, 0.5) is 5.69 Å². The molecule has 0 radical (unpaired) electrons. The van der Waals surface area contributed by atoms with Gasteiger partial charge in [0.05, 0.1) is 23.4 Å². The number of benzene rings is 1. The van der Waals surface area contributed by atoms with Crippen molar-refractivity contribution in [1.82, 2.24) is 9.97 Å². The van der Waals surface area contributed by atoms with Crippen molar-refractivity contribution >= 4 is 39.0 Å². The summed E-state index contributed by atoms with van der Waals surface area (Å²) in [4.78, 5) is 31.1. The van der Waals surface area contributed by atoms with Gasteiger partial charge in [0.25, 0.3) is 5.91 Å². The summed E-state index contributed by atoms with van der Waals surface area (Å²) in [6.07, 6.45) is 1.97. The highest BCUT2D eigenvalue weighted by atomic mass is 35.5. The lowest BCUT2D eigenvalue weighted by atomic mass is 10.2. The van der Waals surface area contributed by atoms with Crippen LogP contribution in [0.25, 0.3) is 0 Å². The third-order valence-corrected chi connectivity index (χ3v) is 4.06. The molecule has 132 valence electrons. The van der Waals surface area contributed by atoms with Crippen molar-refractivity contribution in [3.63, 3.8) is 0 Å². The van der Waals surface area contributed by atoms with E-state index in [1.54, 1.807) is 6.92 Å². The van der Waals surface area contributed by atoms with Gasteiger partial charge in [-0.15, -0.1) is 0 Å². The van der Waals surface area contributed by atoms with Crippen LogP contribution in [0.5, 0.6) is 0 Å². The van der Waals surface area contributed by atoms with E-state index >= 15 is 0 Å².